The van der Waals surface area contributed by atoms with Crippen molar-refractivity contribution in [3.8, 4) is 0 Å². The lowest BCUT2D eigenvalue weighted by atomic mass is 10.00. The molecule has 1 aliphatic heterocycles. The fraction of sp³-hybridized carbons (Fsp3) is 0.471. The van der Waals surface area contributed by atoms with Gasteiger partial charge >= 0.3 is 6.03 Å². The largest absolute Gasteiger partial charge is 0.396 e. The van der Waals surface area contributed by atoms with Crippen LogP contribution in [-0.2, 0) is 0 Å². The molecule has 1 unspecified atom stereocenters. The summed E-state index contributed by atoms with van der Waals surface area (Å²) in [5.74, 6) is 0. The van der Waals surface area contributed by atoms with E-state index in [4.69, 9.17) is 16.7 Å². The first-order chi connectivity index (χ1) is 10.6. The second-order valence-corrected chi connectivity index (χ2v) is 6.09. The van der Waals surface area contributed by atoms with Gasteiger partial charge in [0.15, 0.2) is 0 Å². The Kier molecular flexibility index (Phi) is 6.28. The highest BCUT2D eigenvalue weighted by Gasteiger charge is 2.19. The Bertz CT molecular complexity index is 528. The highest BCUT2D eigenvalue weighted by atomic mass is 35.5. The number of carbonyl (C=O) groups excluding carboxylic acids is 1. The van der Waals surface area contributed by atoms with E-state index in [-0.39, 0.29) is 18.7 Å². The van der Waals surface area contributed by atoms with E-state index in [0.29, 0.717) is 19.5 Å². The first-order valence-corrected chi connectivity index (χ1v) is 8.09. The van der Waals surface area contributed by atoms with Crippen LogP contribution in [0.5, 0.6) is 0 Å². The number of aliphatic hydroxyl groups excluding tert-OH is 1. The van der Waals surface area contributed by atoms with Crippen molar-refractivity contribution in [1.82, 2.24) is 10.2 Å². The van der Waals surface area contributed by atoms with E-state index in [9.17, 15) is 4.79 Å². The van der Waals surface area contributed by atoms with Crippen LogP contribution in [0.25, 0.3) is 5.57 Å². The van der Waals surface area contributed by atoms with Gasteiger partial charge in [0.05, 0.1) is 0 Å². The van der Waals surface area contributed by atoms with E-state index in [1.54, 1.807) is 0 Å². The Morgan fingerprint density at radius 3 is 2.73 bits per heavy atom. The van der Waals surface area contributed by atoms with Crippen molar-refractivity contribution in [3.05, 3.63) is 40.9 Å². The number of hydrogen-bond acceptors (Lipinski definition) is 2. The van der Waals surface area contributed by atoms with Crippen LogP contribution < -0.4 is 5.32 Å². The molecule has 22 heavy (non-hydrogen) atoms. The fourth-order valence-electron chi connectivity index (χ4n) is 2.55. The number of nitrogens with one attached hydrogen (secondary N) is 1. The lowest BCUT2D eigenvalue weighted by Gasteiger charge is -2.28. The van der Waals surface area contributed by atoms with Gasteiger partial charge in [-0.25, -0.2) is 4.79 Å². The van der Waals surface area contributed by atoms with E-state index < -0.39 is 0 Å². The van der Waals surface area contributed by atoms with Gasteiger partial charge in [-0.1, -0.05) is 29.8 Å². The third-order valence-electron chi connectivity index (χ3n) is 3.88. The maximum atomic E-state index is 12.2. The van der Waals surface area contributed by atoms with Gasteiger partial charge in [-0.05, 0) is 49.5 Å². The van der Waals surface area contributed by atoms with Crippen molar-refractivity contribution in [2.24, 2.45) is 0 Å². The predicted molar refractivity (Wildman–Crippen MR) is 89.9 cm³/mol. The van der Waals surface area contributed by atoms with E-state index in [0.717, 1.165) is 17.9 Å². The number of nitrogens with zero attached hydrogens (tertiary/aromatic N) is 1. The number of aliphatic hydroxyl groups is 1. The van der Waals surface area contributed by atoms with Crippen molar-refractivity contribution in [3.63, 3.8) is 0 Å². The van der Waals surface area contributed by atoms with Gasteiger partial charge in [0.1, 0.15) is 0 Å². The van der Waals surface area contributed by atoms with Crippen molar-refractivity contribution < 1.29 is 9.90 Å². The van der Waals surface area contributed by atoms with Gasteiger partial charge in [-0.3, -0.25) is 0 Å². The number of rotatable bonds is 5. The molecule has 1 aliphatic rings. The van der Waals surface area contributed by atoms with Crippen LogP contribution in [0.15, 0.2) is 30.3 Å². The summed E-state index contributed by atoms with van der Waals surface area (Å²) in [6.07, 6.45) is 4.45. The lowest BCUT2D eigenvalue weighted by molar-refractivity contribution is 0.197. The molecule has 2 rings (SSSR count). The maximum Gasteiger partial charge on any atom is 0.317 e. The summed E-state index contributed by atoms with van der Waals surface area (Å²) in [5.41, 5.74) is 2.43. The molecule has 0 saturated heterocycles. The predicted octanol–water partition coefficient (Wildman–Crippen LogP) is 3.30. The monoisotopic (exact) mass is 322 g/mol. The molecule has 1 aromatic carbocycles. The minimum Gasteiger partial charge on any atom is -0.396 e. The van der Waals surface area contributed by atoms with Crippen molar-refractivity contribution in [1.29, 1.82) is 0 Å². The van der Waals surface area contributed by atoms with Gasteiger partial charge in [0, 0.05) is 30.8 Å². The van der Waals surface area contributed by atoms with Crippen LogP contribution in [0, 0.1) is 0 Å². The molecule has 0 radical (unpaired) electrons. The van der Waals surface area contributed by atoms with Gasteiger partial charge in [0.2, 0.25) is 0 Å². The fourth-order valence-corrected chi connectivity index (χ4v) is 2.68. The molecule has 0 saturated carbocycles. The summed E-state index contributed by atoms with van der Waals surface area (Å²) in [6, 6.07) is 7.86. The minimum atomic E-state index is -0.0307. The van der Waals surface area contributed by atoms with E-state index >= 15 is 0 Å². The van der Waals surface area contributed by atoms with Gasteiger partial charge in [-0.15, -0.1) is 0 Å². The zero-order valence-corrected chi connectivity index (χ0v) is 13.6. The minimum absolute atomic E-state index is 0.0307. The standard InChI is InChI=1S/C17H23ClN2O2/c1-13(3-2-12-21)19-17(22)20-10-8-15(9-11-20)14-4-6-16(18)7-5-14/h4-8,13,21H,2-3,9-12H2,1H3,(H,19,22). The SMILES string of the molecule is CC(CCCO)NC(=O)N1CC=C(c2ccc(Cl)cc2)CC1. The zero-order valence-electron chi connectivity index (χ0n) is 12.9. The maximum absolute atomic E-state index is 12.2. The van der Waals surface area contributed by atoms with E-state index in [1.165, 1.54) is 11.1 Å². The van der Waals surface area contributed by atoms with Crippen LogP contribution >= 0.6 is 11.6 Å². The topological polar surface area (TPSA) is 52.6 Å². The Morgan fingerprint density at radius 2 is 2.14 bits per heavy atom. The molecular formula is C17H23ClN2O2. The third kappa shape index (κ3) is 4.75. The number of benzene rings is 1. The van der Waals surface area contributed by atoms with Gasteiger partial charge in [0.25, 0.3) is 0 Å². The molecule has 120 valence electrons. The molecule has 1 atom stereocenters. The molecule has 0 aliphatic carbocycles. The van der Waals surface area contributed by atoms with Crippen LogP contribution in [0.2, 0.25) is 5.02 Å². The normalized spacial score (nSPS) is 16.1. The molecule has 0 aromatic heterocycles. The lowest BCUT2D eigenvalue weighted by Crippen LogP contribution is -2.45. The van der Waals surface area contributed by atoms with Gasteiger partial charge in [-0.2, -0.15) is 0 Å². The molecule has 1 heterocycles. The van der Waals surface area contributed by atoms with E-state index in [2.05, 4.69) is 11.4 Å². The van der Waals surface area contributed by atoms with Crippen LogP contribution in [0.3, 0.4) is 0 Å². The van der Waals surface area contributed by atoms with Crippen molar-refractivity contribution in [2.45, 2.75) is 32.2 Å². The summed E-state index contributed by atoms with van der Waals surface area (Å²) < 4.78 is 0. The first kappa shape index (κ1) is 16.8. The highest BCUT2D eigenvalue weighted by Crippen LogP contribution is 2.23. The Morgan fingerprint density at radius 1 is 1.41 bits per heavy atom. The summed E-state index contributed by atoms with van der Waals surface area (Å²) in [5, 5.41) is 12.5. The van der Waals surface area contributed by atoms with Crippen LogP contribution in [0.1, 0.15) is 31.7 Å². The Balaban J connectivity index is 1.87. The molecule has 0 bridgehead atoms. The second-order valence-electron chi connectivity index (χ2n) is 5.65. The number of carbonyl (C=O) groups is 1. The second kappa shape index (κ2) is 8.20. The third-order valence-corrected chi connectivity index (χ3v) is 4.13. The summed E-state index contributed by atoms with van der Waals surface area (Å²) >= 11 is 5.90. The first-order valence-electron chi connectivity index (χ1n) is 7.71. The molecule has 1 aromatic rings. The molecule has 2 amide bonds. The number of hydrogen-bond donors (Lipinski definition) is 2. The van der Waals surface area contributed by atoms with Crippen molar-refractivity contribution >= 4 is 23.2 Å². The Labute approximate surface area is 136 Å². The average molecular weight is 323 g/mol. The number of amides is 2. The zero-order chi connectivity index (χ0) is 15.9. The molecule has 4 nitrogen and oxygen atoms in total. The Hall–Kier alpha value is -1.52. The average Bonchev–Trinajstić information content (AvgIpc) is 2.54. The molecule has 0 fully saturated rings. The molecule has 2 N–H and O–H groups in total. The molecule has 0 spiro atoms. The van der Waals surface area contributed by atoms with Gasteiger partial charge < -0.3 is 15.3 Å². The van der Waals surface area contributed by atoms with Crippen LogP contribution in [-0.4, -0.2) is 41.8 Å². The smallest absolute Gasteiger partial charge is 0.317 e. The van der Waals surface area contributed by atoms with Crippen molar-refractivity contribution in [2.75, 3.05) is 19.7 Å². The number of halogens is 1. The number of urea groups is 1. The van der Waals surface area contributed by atoms with Crippen LogP contribution in [0.4, 0.5) is 4.79 Å². The molecular weight excluding hydrogens is 300 g/mol. The quantitative estimate of drug-likeness (QED) is 0.874. The summed E-state index contributed by atoms with van der Waals surface area (Å²) in [7, 11) is 0. The van der Waals surface area contributed by atoms with E-state index in [1.807, 2.05) is 36.1 Å². The summed E-state index contributed by atoms with van der Waals surface area (Å²) in [6.45, 7) is 3.47. The highest BCUT2D eigenvalue weighted by molar-refractivity contribution is 6.30. The summed E-state index contributed by atoms with van der Waals surface area (Å²) in [4.78, 5) is 14.0. The molecule has 5 heteroatoms.